The zero-order valence-electron chi connectivity index (χ0n) is 10.5. The summed E-state index contributed by atoms with van der Waals surface area (Å²) in [4.78, 5) is 13.0. The molecule has 0 amide bonds. The number of nitrogens with zero attached hydrogens (tertiary/aromatic N) is 1. The smallest absolute Gasteiger partial charge is 0.152 e. The summed E-state index contributed by atoms with van der Waals surface area (Å²) < 4.78 is 13.1. The number of piperidine rings is 1. The number of anilines is 1. The first-order valence-electron chi connectivity index (χ1n) is 6.29. The Hall–Kier alpha value is -1.42. The fourth-order valence-corrected chi connectivity index (χ4v) is 2.53. The monoisotopic (exact) mass is 251 g/mol. The number of benzene rings is 1. The minimum Gasteiger partial charge on any atom is -0.393 e. The van der Waals surface area contributed by atoms with E-state index in [4.69, 9.17) is 0 Å². The van der Waals surface area contributed by atoms with E-state index < -0.39 is 0 Å². The second-order valence-corrected chi connectivity index (χ2v) is 4.89. The van der Waals surface area contributed by atoms with E-state index in [1.807, 2.05) is 6.92 Å². The van der Waals surface area contributed by atoms with E-state index in [2.05, 4.69) is 4.90 Å². The highest BCUT2D eigenvalue weighted by atomic mass is 19.1. The third kappa shape index (κ3) is 2.70. The lowest BCUT2D eigenvalue weighted by Crippen LogP contribution is -2.37. The van der Waals surface area contributed by atoms with Gasteiger partial charge in [0.05, 0.1) is 6.10 Å². The van der Waals surface area contributed by atoms with Gasteiger partial charge in [0.25, 0.3) is 0 Å². The van der Waals surface area contributed by atoms with E-state index in [1.165, 1.54) is 12.1 Å². The van der Waals surface area contributed by atoms with Crippen LogP contribution in [0, 0.1) is 11.7 Å². The second-order valence-electron chi connectivity index (χ2n) is 4.89. The van der Waals surface area contributed by atoms with Gasteiger partial charge in [-0.3, -0.25) is 4.79 Å². The number of carbonyl (C=O) groups is 1. The SMILES string of the molecule is CC(O)C1CCN(c2ccc(F)cc2C=O)CC1. The molecule has 1 saturated heterocycles. The van der Waals surface area contributed by atoms with E-state index in [1.54, 1.807) is 6.07 Å². The van der Waals surface area contributed by atoms with Gasteiger partial charge in [-0.2, -0.15) is 0 Å². The molecule has 1 heterocycles. The lowest BCUT2D eigenvalue weighted by Gasteiger charge is -2.35. The summed E-state index contributed by atoms with van der Waals surface area (Å²) in [5, 5.41) is 9.55. The normalized spacial score (nSPS) is 18.7. The van der Waals surface area contributed by atoms with Crippen LogP contribution in [0.4, 0.5) is 10.1 Å². The van der Waals surface area contributed by atoms with Crippen LogP contribution in [0.3, 0.4) is 0 Å². The highest BCUT2D eigenvalue weighted by molar-refractivity contribution is 5.84. The molecule has 0 radical (unpaired) electrons. The average Bonchev–Trinajstić information content (AvgIpc) is 2.38. The van der Waals surface area contributed by atoms with Crippen LogP contribution >= 0.6 is 0 Å². The van der Waals surface area contributed by atoms with Crippen molar-refractivity contribution in [1.29, 1.82) is 0 Å². The van der Waals surface area contributed by atoms with E-state index in [9.17, 15) is 14.3 Å². The Bertz CT molecular complexity index is 426. The largest absolute Gasteiger partial charge is 0.393 e. The van der Waals surface area contributed by atoms with Gasteiger partial charge in [-0.25, -0.2) is 4.39 Å². The molecule has 0 aliphatic carbocycles. The van der Waals surface area contributed by atoms with Crippen molar-refractivity contribution >= 4 is 12.0 Å². The number of aliphatic hydroxyl groups is 1. The molecule has 1 N–H and O–H groups in total. The first-order valence-corrected chi connectivity index (χ1v) is 6.29. The van der Waals surface area contributed by atoms with Gasteiger partial charge < -0.3 is 10.0 Å². The Kier molecular flexibility index (Phi) is 3.97. The standard InChI is InChI=1S/C14H18FNO2/c1-10(18)11-4-6-16(7-5-11)14-3-2-13(15)8-12(14)9-17/h2-3,8-11,18H,4-7H2,1H3. The van der Waals surface area contributed by atoms with Crippen LogP contribution in [0.15, 0.2) is 18.2 Å². The van der Waals surface area contributed by atoms with Crippen LogP contribution < -0.4 is 4.90 Å². The van der Waals surface area contributed by atoms with Crippen molar-refractivity contribution in [2.24, 2.45) is 5.92 Å². The molecule has 4 heteroatoms. The predicted molar refractivity (Wildman–Crippen MR) is 68.4 cm³/mol. The Balaban J connectivity index is 2.12. The van der Waals surface area contributed by atoms with Crippen molar-refractivity contribution in [2.75, 3.05) is 18.0 Å². The molecule has 1 unspecified atom stereocenters. The third-order valence-electron chi connectivity index (χ3n) is 3.68. The Morgan fingerprint density at radius 3 is 2.67 bits per heavy atom. The number of aliphatic hydroxyl groups excluding tert-OH is 1. The van der Waals surface area contributed by atoms with Crippen molar-refractivity contribution in [3.8, 4) is 0 Å². The summed E-state index contributed by atoms with van der Waals surface area (Å²) in [6.45, 7) is 3.40. The van der Waals surface area contributed by atoms with Crippen LogP contribution in [0.1, 0.15) is 30.1 Å². The van der Waals surface area contributed by atoms with Crippen LogP contribution in [0.25, 0.3) is 0 Å². The molecule has 1 aliphatic heterocycles. The summed E-state index contributed by atoms with van der Waals surface area (Å²) in [6.07, 6.45) is 2.20. The fourth-order valence-electron chi connectivity index (χ4n) is 2.53. The molecule has 18 heavy (non-hydrogen) atoms. The van der Waals surface area contributed by atoms with Crippen LogP contribution in [-0.2, 0) is 0 Å². The Labute approximate surface area is 106 Å². The summed E-state index contributed by atoms with van der Waals surface area (Å²) >= 11 is 0. The van der Waals surface area contributed by atoms with Crippen molar-refractivity contribution in [2.45, 2.75) is 25.9 Å². The van der Waals surface area contributed by atoms with Gasteiger partial charge in [-0.1, -0.05) is 0 Å². The molecule has 1 aromatic carbocycles. The van der Waals surface area contributed by atoms with E-state index in [0.29, 0.717) is 17.8 Å². The van der Waals surface area contributed by atoms with Crippen molar-refractivity contribution in [3.63, 3.8) is 0 Å². The lowest BCUT2D eigenvalue weighted by atomic mass is 9.91. The van der Waals surface area contributed by atoms with Crippen LogP contribution in [-0.4, -0.2) is 30.6 Å². The van der Waals surface area contributed by atoms with Crippen molar-refractivity contribution < 1.29 is 14.3 Å². The number of hydrogen-bond donors (Lipinski definition) is 1. The van der Waals surface area contributed by atoms with E-state index >= 15 is 0 Å². The number of halogens is 1. The quantitative estimate of drug-likeness (QED) is 0.837. The summed E-state index contributed by atoms with van der Waals surface area (Å²) in [5.41, 5.74) is 1.18. The van der Waals surface area contributed by atoms with Gasteiger partial charge in [0, 0.05) is 24.3 Å². The molecular weight excluding hydrogens is 233 g/mol. The highest BCUT2D eigenvalue weighted by Crippen LogP contribution is 2.27. The molecular formula is C14H18FNO2. The van der Waals surface area contributed by atoms with Crippen LogP contribution in [0.5, 0.6) is 0 Å². The average molecular weight is 251 g/mol. The number of hydrogen-bond acceptors (Lipinski definition) is 3. The molecule has 1 atom stereocenters. The maximum Gasteiger partial charge on any atom is 0.152 e. The van der Waals surface area contributed by atoms with E-state index in [0.717, 1.165) is 31.6 Å². The van der Waals surface area contributed by atoms with E-state index in [-0.39, 0.29) is 11.9 Å². The molecule has 0 spiro atoms. The maximum absolute atomic E-state index is 13.1. The zero-order chi connectivity index (χ0) is 13.1. The first kappa shape index (κ1) is 13.0. The molecule has 0 saturated carbocycles. The molecule has 2 rings (SSSR count). The minimum absolute atomic E-state index is 0.286. The molecule has 1 aliphatic rings. The Morgan fingerprint density at radius 2 is 2.11 bits per heavy atom. The molecule has 0 bridgehead atoms. The molecule has 98 valence electrons. The number of rotatable bonds is 3. The van der Waals surface area contributed by atoms with Crippen molar-refractivity contribution in [1.82, 2.24) is 0 Å². The van der Waals surface area contributed by atoms with Gasteiger partial charge in [0.1, 0.15) is 5.82 Å². The summed E-state index contributed by atoms with van der Waals surface area (Å²) in [6, 6.07) is 4.30. The summed E-state index contributed by atoms with van der Waals surface area (Å²) in [5.74, 6) is -0.0684. The lowest BCUT2D eigenvalue weighted by molar-refractivity contribution is 0.109. The number of carbonyl (C=O) groups excluding carboxylic acids is 1. The van der Waals surface area contributed by atoms with Crippen molar-refractivity contribution in [3.05, 3.63) is 29.6 Å². The molecule has 3 nitrogen and oxygen atoms in total. The predicted octanol–water partition coefficient (Wildman–Crippen LogP) is 2.24. The fraction of sp³-hybridized carbons (Fsp3) is 0.500. The van der Waals surface area contributed by atoms with Gasteiger partial charge in [0.2, 0.25) is 0 Å². The highest BCUT2D eigenvalue weighted by Gasteiger charge is 2.23. The van der Waals surface area contributed by atoms with Gasteiger partial charge in [0.15, 0.2) is 6.29 Å². The maximum atomic E-state index is 13.1. The second kappa shape index (κ2) is 5.48. The van der Waals surface area contributed by atoms with Crippen LogP contribution in [0.2, 0.25) is 0 Å². The molecule has 0 aromatic heterocycles. The number of aldehydes is 1. The van der Waals surface area contributed by atoms with Gasteiger partial charge in [-0.05, 0) is 43.9 Å². The molecule has 1 fully saturated rings. The minimum atomic E-state index is -0.389. The molecule has 1 aromatic rings. The summed E-state index contributed by atoms with van der Waals surface area (Å²) in [7, 11) is 0. The van der Waals surface area contributed by atoms with Gasteiger partial charge in [-0.15, -0.1) is 0 Å². The first-order chi connectivity index (χ1) is 8.61. The zero-order valence-corrected chi connectivity index (χ0v) is 10.5. The van der Waals surface area contributed by atoms with Gasteiger partial charge >= 0.3 is 0 Å². The topological polar surface area (TPSA) is 40.5 Å². The Morgan fingerprint density at radius 1 is 1.44 bits per heavy atom. The third-order valence-corrected chi connectivity index (χ3v) is 3.68.